The largest absolute Gasteiger partial charge is 0.111 e. The quantitative estimate of drug-likeness (QED) is 0.427. The van der Waals surface area contributed by atoms with Gasteiger partial charge in [0.1, 0.15) is 0 Å². The highest BCUT2D eigenvalue weighted by molar-refractivity contribution is 8.68. The molecular formula is C5H12S2. The molecule has 0 unspecified atom stereocenters. The second-order valence-corrected chi connectivity index (χ2v) is 4.16. The van der Waals surface area contributed by atoms with E-state index in [1.165, 1.54) is 0 Å². The lowest BCUT2D eigenvalue weighted by Crippen LogP contribution is -2.06. The Morgan fingerprint density at radius 3 is 1.86 bits per heavy atom. The molecule has 0 radical (unpaired) electrons. The van der Waals surface area contributed by atoms with Crippen LogP contribution in [-0.2, 0) is 0 Å². The van der Waals surface area contributed by atoms with Crippen LogP contribution in [0.15, 0.2) is 0 Å². The van der Waals surface area contributed by atoms with E-state index in [-0.39, 0.29) is 0 Å². The normalized spacial score (nSPS) is 12.0. The van der Waals surface area contributed by atoms with Crippen LogP contribution in [0.3, 0.4) is 0 Å². The summed E-state index contributed by atoms with van der Waals surface area (Å²) >= 11 is 4.03. The van der Waals surface area contributed by atoms with Gasteiger partial charge in [0.2, 0.25) is 0 Å². The Morgan fingerprint density at radius 1 is 1.43 bits per heavy atom. The van der Waals surface area contributed by atoms with Gasteiger partial charge < -0.3 is 0 Å². The molecule has 0 fully saturated rings. The Bertz CT molecular complexity index is 44.5. The first-order chi connectivity index (χ1) is 3.06. The van der Waals surface area contributed by atoms with Crippen molar-refractivity contribution in [3.05, 3.63) is 0 Å². The van der Waals surface area contributed by atoms with E-state index in [4.69, 9.17) is 0 Å². The van der Waals surface area contributed by atoms with Crippen molar-refractivity contribution in [3.63, 3.8) is 0 Å². The fourth-order valence-electron chi connectivity index (χ4n) is 0.194. The summed E-state index contributed by atoms with van der Waals surface area (Å²) in [7, 11) is 1.60. The van der Waals surface area contributed by atoms with Gasteiger partial charge in [-0.2, -0.15) is 0 Å². The van der Waals surface area contributed by atoms with Crippen LogP contribution >= 0.6 is 22.5 Å². The smallest absolute Gasteiger partial charge is 0.00832 e. The molecule has 0 bridgehead atoms. The number of hydrogen-bond acceptors (Lipinski definition) is 2. The predicted octanol–water partition coefficient (Wildman–Crippen LogP) is 2.61. The Balaban J connectivity index is 3.15. The Labute approximate surface area is 54.9 Å². The van der Waals surface area contributed by atoms with Gasteiger partial charge in [-0.3, -0.25) is 0 Å². The molecule has 0 aliphatic rings. The number of thiol groups is 1. The topological polar surface area (TPSA) is 0 Å². The van der Waals surface area contributed by atoms with Crippen molar-refractivity contribution in [2.45, 2.75) is 20.8 Å². The van der Waals surface area contributed by atoms with Gasteiger partial charge >= 0.3 is 0 Å². The third-order valence-corrected chi connectivity index (χ3v) is 1.88. The van der Waals surface area contributed by atoms with E-state index in [9.17, 15) is 0 Å². The summed E-state index contributed by atoms with van der Waals surface area (Å²) in [5.74, 6) is 1.12. The first-order valence-corrected chi connectivity index (χ1v) is 4.36. The molecule has 0 amide bonds. The number of hydrogen-bond donors (Lipinski definition) is 1. The molecule has 0 N–H and O–H groups in total. The highest BCUT2D eigenvalue weighted by Crippen LogP contribution is 2.21. The zero-order valence-corrected chi connectivity index (χ0v) is 6.77. The second kappa shape index (κ2) is 2.88. The van der Waals surface area contributed by atoms with E-state index in [1.807, 2.05) is 0 Å². The van der Waals surface area contributed by atoms with Gasteiger partial charge in [0.25, 0.3) is 0 Å². The Hall–Kier alpha value is 0.700. The highest BCUT2D eigenvalue weighted by Gasteiger charge is 2.07. The first kappa shape index (κ1) is 7.70. The summed E-state index contributed by atoms with van der Waals surface area (Å²) in [4.78, 5) is 0. The monoisotopic (exact) mass is 136 g/mol. The van der Waals surface area contributed by atoms with Crippen molar-refractivity contribution in [2.75, 3.05) is 5.75 Å². The SMILES string of the molecule is CC(C)(C)CSS. The van der Waals surface area contributed by atoms with E-state index in [0.717, 1.165) is 5.75 Å². The van der Waals surface area contributed by atoms with E-state index < -0.39 is 0 Å². The zero-order chi connectivity index (χ0) is 5.91. The number of rotatable bonds is 1. The van der Waals surface area contributed by atoms with Gasteiger partial charge in [-0.05, 0) is 5.41 Å². The molecule has 0 saturated carbocycles. The van der Waals surface area contributed by atoms with Crippen molar-refractivity contribution in [1.82, 2.24) is 0 Å². The van der Waals surface area contributed by atoms with Gasteiger partial charge in [-0.15, -0.1) is 11.7 Å². The molecule has 0 aromatic carbocycles. The molecule has 0 heterocycles. The molecule has 44 valence electrons. The molecule has 0 aromatic rings. The van der Waals surface area contributed by atoms with Crippen LogP contribution < -0.4 is 0 Å². The molecule has 0 aliphatic carbocycles. The third kappa shape index (κ3) is 6.70. The van der Waals surface area contributed by atoms with Gasteiger partial charge in [0.05, 0.1) is 0 Å². The molecule has 0 nitrogen and oxygen atoms in total. The zero-order valence-electron chi connectivity index (χ0n) is 5.06. The second-order valence-electron chi connectivity index (χ2n) is 2.83. The van der Waals surface area contributed by atoms with Crippen LogP contribution in [0.4, 0.5) is 0 Å². The molecule has 0 rings (SSSR count). The van der Waals surface area contributed by atoms with Crippen molar-refractivity contribution in [2.24, 2.45) is 5.41 Å². The lowest BCUT2D eigenvalue weighted by molar-refractivity contribution is 0.482. The molecule has 7 heavy (non-hydrogen) atoms. The van der Waals surface area contributed by atoms with Crippen LogP contribution in [0, 0.1) is 5.41 Å². The fraction of sp³-hybridized carbons (Fsp3) is 1.00. The average Bonchev–Trinajstić information content (AvgIpc) is 1.30. The molecule has 0 aliphatic heterocycles. The summed E-state index contributed by atoms with van der Waals surface area (Å²) in [6, 6.07) is 0. The molecular weight excluding hydrogens is 124 g/mol. The molecule has 0 saturated heterocycles. The molecule has 0 aromatic heterocycles. The molecule has 0 atom stereocenters. The van der Waals surface area contributed by atoms with Crippen molar-refractivity contribution in [3.8, 4) is 0 Å². The summed E-state index contributed by atoms with van der Waals surface area (Å²) in [6.07, 6.45) is 0. The highest BCUT2D eigenvalue weighted by atomic mass is 33.1. The average molecular weight is 136 g/mol. The lowest BCUT2D eigenvalue weighted by Gasteiger charge is -2.14. The van der Waals surface area contributed by atoms with Crippen LogP contribution in [0.25, 0.3) is 0 Å². The van der Waals surface area contributed by atoms with Crippen LogP contribution in [0.2, 0.25) is 0 Å². The van der Waals surface area contributed by atoms with Gasteiger partial charge in [-0.1, -0.05) is 31.6 Å². The van der Waals surface area contributed by atoms with E-state index in [0.29, 0.717) is 5.41 Å². The van der Waals surface area contributed by atoms with E-state index >= 15 is 0 Å². The molecule has 2 heteroatoms. The summed E-state index contributed by atoms with van der Waals surface area (Å²) < 4.78 is 0. The minimum absolute atomic E-state index is 0.437. The maximum absolute atomic E-state index is 4.03. The van der Waals surface area contributed by atoms with E-state index in [1.54, 1.807) is 10.8 Å². The summed E-state index contributed by atoms with van der Waals surface area (Å²) in [5.41, 5.74) is 0.437. The van der Waals surface area contributed by atoms with Gasteiger partial charge in [0, 0.05) is 5.75 Å². The van der Waals surface area contributed by atoms with Crippen molar-refractivity contribution < 1.29 is 0 Å². The molecule has 0 spiro atoms. The van der Waals surface area contributed by atoms with Gasteiger partial charge in [0.15, 0.2) is 0 Å². The van der Waals surface area contributed by atoms with Crippen LogP contribution in [0.1, 0.15) is 20.8 Å². The van der Waals surface area contributed by atoms with Crippen LogP contribution in [0.5, 0.6) is 0 Å². The van der Waals surface area contributed by atoms with Gasteiger partial charge in [-0.25, -0.2) is 0 Å². The van der Waals surface area contributed by atoms with Crippen molar-refractivity contribution in [1.29, 1.82) is 0 Å². The summed E-state index contributed by atoms with van der Waals surface area (Å²) in [5, 5.41) is 0. The maximum Gasteiger partial charge on any atom is 0.00832 e. The van der Waals surface area contributed by atoms with Crippen molar-refractivity contribution >= 4 is 22.5 Å². The Morgan fingerprint density at radius 2 is 1.86 bits per heavy atom. The minimum atomic E-state index is 0.437. The van der Waals surface area contributed by atoms with E-state index in [2.05, 4.69) is 32.4 Å². The standard InChI is InChI=1S/C5H12S2/c1-5(2,3)4-7-6/h6H,4H2,1-3H3. The third-order valence-electron chi connectivity index (χ3n) is 0.498. The predicted molar refractivity (Wildman–Crippen MR) is 40.9 cm³/mol. The minimum Gasteiger partial charge on any atom is -0.111 e. The fourth-order valence-corrected chi connectivity index (χ4v) is 1.74. The first-order valence-electron chi connectivity index (χ1n) is 2.32. The maximum atomic E-state index is 4.03. The Kier molecular flexibility index (Phi) is 3.16. The van der Waals surface area contributed by atoms with Crippen LogP contribution in [-0.4, -0.2) is 5.75 Å². The lowest BCUT2D eigenvalue weighted by atomic mass is 10.0. The summed E-state index contributed by atoms with van der Waals surface area (Å²) in [6.45, 7) is 6.61.